The van der Waals surface area contributed by atoms with Crippen LogP contribution in [-0.4, -0.2) is 59.9 Å². The van der Waals surface area contributed by atoms with E-state index in [0.29, 0.717) is 38.5 Å². The third-order valence-electron chi connectivity index (χ3n) is 5.13. The van der Waals surface area contributed by atoms with E-state index in [4.69, 9.17) is 9.47 Å². The van der Waals surface area contributed by atoms with Gasteiger partial charge in [0.05, 0.1) is 11.5 Å². The Kier molecular flexibility index (Phi) is 6.66. The van der Waals surface area contributed by atoms with Gasteiger partial charge in [0.1, 0.15) is 17.2 Å². The summed E-state index contributed by atoms with van der Waals surface area (Å²) in [7, 11) is 0. The SMILES string of the molecule is CCOc1ccc(OC(C)C(=O)N2CCN(c3ccc(-c4cccs4)nn3)CC2)cc1. The summed E-state index contributed by atoms with van der Waals surface area (Å²) in [4.78, 5) is 17.9. The highest BCUT2D eigenvalue weighted by molar-refractivity contribution is 7.13. The highest BCUT2D eigenvalue weighted by atomic mass is 32.1. The lowest BCUT2D eigenvalue weighted by Crippen LogP contribution is -2.52. The van der Waals surface area contributed by atoms with E-state index in [-0.39, 0.29) is 5.91 Å². The minimum absolute atomic E-state index is 0.00679. The molecule has 1 aromatic carbocycles. The topological polar surface area (TPSA) is 67.8 Å². The lowest BCUT2D eigenvalue weighted by atomic mass is 10.2. The van der Waals surface area contributed by atoms with Crippen molar-refractivity contribution < 1.29 is 14.3 Å². The molecule has 0 saturated carbocycles. The molecule has 0 N–H and O–H groups in total. The first-order chi connectivity index (χ1) is 15.1. The van der Waals surface area contributed by atoms with Crippen LogP contribution in [0.1, 0.15) is 13.8 Å². The number of piperazine rings is 1. The quantitative estimate of drug-likeness (QED) is 0.560. The number of amides is 1. The van der Waals surface area contributed by atoms with Gasteiger partial charge in [0, 0.05) is 26.2 Å². The number of nitrogens with zero attached hydrogens (tertiary/aromatic N) is 4. The van der Waals surface area contributed by atoms with Crippen LogP contribution < -0.4 is 14.4 Å². The van der Waals surface area contributed by atoms with E-state index in [1.165, 1.54) is 0 Å². The zero-order valence-corrected chi connectivity index (χ0v) is 18.5. The van der Waals surface area contributed by atoms with Gasteiger partial charge in [-0.2, -0.15) is 0 Å². The summed E-state index contributed by atoms with van der Waals surface area (Å²) in [6.45, 7) is 7.04. The predicted octanol–water partition coefficient (Wildman–Crippen LogP) is 3.72. The van der Waals surface area contributed by atoms with Gasteiger partial charge < -0.3 is 19.3 Å². The molecule has 1 amide bonds. The van der Waals surface area contributed by atoms with Gasteiger partial charge in [0.25, 0.3) is 5.91 Å². The number of ether oxygens (including phenoxy) is 2. The van der Waals surface area contributed by atoms with Gasteiger partial charge in [-0.3, -0.25) is 4.79 Å². The summed E-state index contributed by atoms with van der Waals surface area (Å²) in [5, 5.41) is 10.8. The molecule has 2 aromatic heterocycles. The maximum Gasteiger partial charge on any atom is 0.263 e. The lowest BCUT2D eigenvalue weighted by Gasteiger charge is -2.36. The van der Waals surface area contributed by atoms with Gasteiger partial charge in [0.15, 0.2) is 11.9 Å². The van der Waals surface area contributed by atoms with Gasteiger partial charge in [0.2, 0.25) is 0 Å². The molecule has 0 radical (unpaired) electrons. The molecular formula is C23H26N4O3S. The van der Waals surface area contributed by atoms with E-state index >= 15 is 0 Å². The molecule has 1 aliphatic rings. The molecule has 1 aliphatic heterocycles. The molecule has 31 heavy (non-hydrogen) atoms. The fraction of sp³-hybridized carbons (Fsp3) is 0.348. The standard InChI is InChI=1S/C23H26N4O3S/c1-3-29-18-6-8-19(9-7-18)30-17(2)23(28)27-14-12-26(13-15-27)22-11-10-20(24-25-22)21-5-4-16-31-21/h4-11,16-17H,3,12-15H2,1-2H3. The zero-order valence-electron chi connectivity index (χ0n) is 17.7. The van der Waals surface area contributed by atoms with E-state index in [0.717, 1.165) is 22.1 Å². The normalized spacial score (nSPS) is 14.9. The molecule has 8 heteroatoms. The van der Waals surface area contributed by atoms with E-state index in [1.807, 2.05) is 65.7 Å². The predicted molar refractivity (Wildman–Crippen MR) is 122 cm³/mol. The third-order valence-corrected chi connectivity index (χ3v) is 6.03. The first kappa shape index (κ1) is 21.1. The number of carbonyl (C=O) groups excluding carboxylic acids is 1. The Morgan fingerprint density at radius 2 is 1.77 bits per heavy atom. The smallest absolute Gasteiger partial charge is 0.263 e. The second kappa shape index (κ2) is 9.78. The van der Waals surface area contributed by atoms with Gasteiger partial charge in [-0.1, -0.05) is 6.07 Å². The van der Waals surface area contributed by atoms with Crippen LogP contribution in [0.2, 0.25) is 0 Å². The van der Waals surface area contributed by atoms with E-state index in [2.05, 4.69) is 15.1 Å². The summed E-state index contributed by atoms with van der Waals surface area (Å²) in [5.74, 6) is 2.28. The van der Waals surface area contributed by atoms with Crippen molar-refractivity contribution in [1.82, 2.24) is 15.1 Å². The van der Waals surface area contributed by atoms with Gasteiger partial charge in [-0.15, -0.1) is 21.5 Å². The highest BCUT2D eigenvalue weighted by Crippen LogP contribution is 2.24. The summed E-state index contributed by atoms with van der Waals surface area (Å²) in [6, 6.07) is 15.4. The number of rotatable bonds is 7. The Labute approximate surface area is 186 Å². The minimum Gasteiger partial charge on any atom is -0.494 e. The Hall–Kier alpha value is -3.13. The molecule has 0 aliphatic carbocycles. The Bertz CT molecular complexity index is 969. The molecule has 1 unspecified atom stereocenters. The molecule has 0 spiro atoms. The summed E-state index contributed by atoms with van der Waals surface area (Å²) in [6.07, 6.45) is -0.547. The molecule has 3 heterocycles. The molecule has 0 bridgehead atoms. The molecule has 162 valence electrons. The second-order valence-electron chi connectivity index (χ2n) is 7.23. The second-order valence-corrected chi connectivity index (χ2v) is 8.18. The molecule has 7 nitrogen and oxygen atoms in total. The van der Waals surface area contributed by atoms with Crippen molar-refractivity contribution in [2.45, 2.75) is 20.0 Å². The zero-order chi connectivity index (χ0) is 21.6. The Balaban J connectivity index is 1.29. The number of anilines is 1. The number of aromatic nitrogens is 2. The van der Waals surface area contributed by atoms with Crippen molar-refractivity contribution in [2.75, 3.05) is 37.7 Å². The monoisotopic (exact) mass is 438 g/mol. The highest BCUT2D eigenvalue weighted by Gasteiger charge is 2.26. The van der Waals surface area contributed by atoms with E-state index in [1.54, 1.807) is 18.3 Å². The van der Waals surface area contributed by atoms with Crippen molar-refractivity contribution in [3.8, 4) is 22.1 Å². The van der Waals surface area contributed by atoms with Crippen LogP contribution in [0.15, 0.2) is 53.9 Å². The number of thiophene rings is 1. The lowest BCUT2D eigenvalue weighted by molar-refractivity contribution is -0.138. The molecule has 1 saturated heterocycles. The van der Waals surface area contributed by atoms with Crippen LogP contribution in [0.3, 0.4) is 0 Å². The van der Waals surface area contributed by atoms with Crippen LogP contribution in [0.4, 0.5) is 5.82 Å². The van der Waals surface area contributed by atoms with Crippen LogP contribution in [-0.2, 0) is 4.79 Å². The third kappa shape index (κ3) is 5.14. The summed E-state index contributed by atoms with van der Waals surface area (Å²) >= 11 is 1.65. The van der Waals surface area contributed by atoms with Gasteiger partial charge in [-0.05, 0) is 61.7 Å². The van der Waals surface area contributed by atoms with Crippen LogP contribution >= 0.6 is 11.3 Å². The van der Waals surface area contributed by atoms with Crippen molar-refractivity contribution in [2.24, 2.45) is 0 Å². The first-order valence-electron chi connectivity index (χ1n) is 10.4. The maximum absolute atomic E-state index is 12.8. The molecule has 1 atom stereocenters. The number of carbonyl (C=O) groups is 1. The maximum atomic E-state index is 12.8. The summed E-state index contributed by atoms with van der Waals surface area (Å²) < 4.78 is 11.3. The van der Waals surface area contributed by atoms with E-state index < -0.39 is 6.10 Å². The average Bonchev–Trinajstić information content (AvgIpc) is 3.35. The molecule has 4 rings (SSSR count). The number of hydrogen-bond acceptors (Lipinski definition) is 7. The summed E-state index contributed by atoms with van der Waals surface area (Å²) in [5.41, 5.74) is 0.882. The average molecular weight is 439 g/mol. The molecule has 1 fully saturated rings. The van der Waals surface area contributed by atoms with Crippen molar-refractivity contribution in [3.05, 3.63) is 53.9 Å². The van der Waals surface area contributed by atoms with Crippen molar-refractivity contribution >= 4 is 23.1 Å². The number of benzene rings is 1. The fourth-order valence-electron chi connectivity index (χ4n) is 3.50. The first-order valence-corrected chi connectivity index (χ1v) is 11.3. The van der Waals surface area contributed by atoms with Gasteiger partial charge >= 0.3 is 0 Å². The Morgan fingerprint density at radius 3 is 2.39 bits per heavy atom. The fourth-order valence-corrected chi connectivity index (χ4v) is 4.19. The van der Waals surface area contributed by atoms with Crippen LogP contribution in [0, 0.1) is 0 Å². The van der Waals surface area contributed by atoms with Crippen LogP contribution in [0.25, 0.3) is 10.6 Å². The minimum atomic E-state index is -0.547. The van der Waals surface area contributed by atoms with E-state index in [9.17, 15) is 4.79 Å². The van der Waals surface area contributed by atoms with Gasteiger partial charge in [-0.25, -0.2) is 0 Å². The van der Waals surface area contributed by atoms with Crippen LogP contribution in [0.5, 0.6) is 11.5 Å². The molecule has 3 aromatic rings. The Morgan fingerprint density at radius 1 is 1.03 bits per heavy atom. The van der Waals surface area contributed by atoms with Crippen molar-refractivity contribution in [3.63, 3.8) is 0 Å². The largest absolute Gasteiger partial charge is 0.494 e. The molecular weight excluding hydrogens is 412 g/mol. The number of hydrogen-bond donors (Lipinski definition) is 0. The van der Waals surface area contributed by atoms with Crippen molar-refractivity contribution in [1.29, 1.82) is 0 Å².